The predicted octanol–water partition coefficient (Wildman–Crippen LogP) is 2.25. The minimum absolute atomic E-state index is 0.0266. The SMILES string of the molecule is Cc1ccc(C(C)NC(=O)CNCC2CCCO2)cc1C. The molecule has 116 valence electrons. The van der Waals surface area contributed by atoms with Gasteiger partial charge < -0.3 is 15.4 Å². The van der Waals surface area contributed by atoms with E-state index in [1.165, 1.54) is 11.1 Å². The summed E-state index contributed by atoms with van der Waals surface area (Å²) in [5.74, 6) is 0.0266. The third kappa shape index (κ3) is 4.83. The van der Waals surface area contributed by atoms with Gasteiger partial charge in [0, 0.05) is 13.2 Å². The van der Waals surface area contributed by atoms with Crippen LogP contribution in [0.25, 0.3) is 0 Å². The normalized spacial score (nSPS) is 19.5. The molecule has 0 saturated carbocycles. The van der Waals surface area contributed by atoms with E-state index in [9.17, 15) is 4.79 Å². The second-order valence-corrected chi connectivity index (χ2v) is 5.90. The molecule has 0 radical (unpaired) electrons. The Kier molecular flexibility index (Phi) is 5.76. The lowest BCUT2D eigenvalue weighted by molar-refractivity contribution is -0.120. The number of benzene rings is 1. The zero-order chi connectivity index (χ0) is 15.2. The number of nitrogens with one attached hydrogen (secondary N) is 2. The van der Waals surface area contributed by atoms with Crippen LogP contribution in [-0.2, 0) is 9.53 Å². The standard InChI is InChI=1S/C17H26N2O2/c1-12-6-7-15(9-13(12)2)14(3)19-17(20)11-18-10-16-5-4-8-21-16/h6-7,9,14,16,18H,4-5,8,10-11H2,1-3H3,(H,19,20). The molecule has 1 amide bonds. The molecule has 2 unspecified atom stereocenters. The van der Waals surface area contributed by atoms with Crippen LogP contribution in [0.2, 0.25) is 0 Å². The topological polar surface area (TPSA) is 50.4 Å². The number of aryl methyl sites for hydroxylation is 2. The molecular weight excluding hydrogens is 264 g/mol. The summed E-state index contributed by atoms with van der Waals surface area (Å²) in [5, 5.41) is 6.19. The van der Waals surface area contributed by atoms with Crippen LogP contribution in [0.3, 0.4) is 0 Å². The summed E-state index contributed by atoms with van der Waals surface area (Å²) in [5.41, 5.74) is 3.67. The number of carbonyl (C=O) groups is 1. The average Bonchev–Trinajstić information content (AvgIpc) is 2.95. The number of hydrogen-bond acceptors (Lipinski definition) is 3. The Balaban J connectivity index is 1.74. The van der Waals surface area contributed by atoms with E-state index >= 15 is 0 Å². The van der Waals surface area contributed by atoms with Crippen LogP contribution in [-0.4, -0.2) is 31.7 Å². The van der Waals surface area contributed by atoms with Gasteiger partial charge in [0.15, 0.2) is 0 Å². The highest BCUT2D eigenvalue weighted by molar-refractivity contribution is 5.78. The van der Waals surface area contributed by atoms with Crippen LogP contribution in [0.1, 0.15) is 42.5 Å². The van der Waals surface area contributed by atoms with Gasteiger partial charge in [-0.15, -0.1) is 0 Å². The molecule has 0 bridgehead atoms. The molecule has 2 N–H and O–H groups in total. The molecule has 0 aliphatic carbocycles. The summed E-state index contributed by atoms with van der Waals surface area (Å²) in [6.45, 7) is 8.15. The molecular formula is C17H26N2O2. The summed E-state index contributed by atoms with van der Waals surface area (Å²) in [7, 11) is 0. The minimum atomic E-state index is 0.0266. The van der Waals surface area contributed by atoms with Gasteiger partial charge in [-0.05, 0) is 50.3 Å². The average molecular weight is 290 g/mol. The first-order valence-corrected chi connectivity index (χ1v) is 7.75. The lowest BCUT2D eigenvalue weighted by atomic mass is 10.0. The van der Waals surface area contributed by atoms with E-state index in [1.54, 1.807) is 0 Å². The lowest BCUT2D eigenvalue weighted by Crippen LogP contribution is -2.38. The maximum Gasteiger partial charge on any atom is 0.234 e. The highest BCUT2D eigenvalue weighted by atomic mass is 16.5. The summed E-state index contributed by atoms with van der Waals surface area (Å²) in [6.07, 6.45) is 2.49. The Labute approximate surface area is 127 Å². The van der Waals surface area contributed by atoms with Crippen LogP contribution >= 0.6 is 0 Å². The zero-order valence-corrected chi connectivity index (χ0v) is 13.2. The van der Waals surface area contributed by atoms with E-state index in [0.717, 1.165) is 31.6 Å². The van der Waals surface area contributed by atoms with E-state index in [-0.39, 0.29) is 18.1 Å². The van der Waals surface area contributed by atoms with Crippen LogP contribution in [0, 0.1) is 13.8 Å². The van der Waals surface area contributed by atoms with Crippen molar-refractivity contribution in [2.24, 2.45) is 0 Å². The number of rotatable bonds is 6. The Hall–Kier alpha value is -1.39. The number of hydrogen-bond donors (Lipinski definition) is 2. The fourth-order valence-electron chi connectivity index (χ4n) is 2.56. The van der Waals surface area contributed by atoms with Gasteiger partial charge in [0.05, 0.1) is 18.7 Å². The van der Waals surface area contributed by atoms with E-state index < -0.39 is 0 Å². The largest absolute Gasteiger partial charge is 0.377 e. The third-order valence-electron chi connectivity index (χ3n) is 4.09. The predicted molar refractivity (Wildman–Crippen MR) is 84.3 cm³/mol. The molecule has 0 aromatic heterocycles. The minimum Gasteiger partial charge on any atom is -0.377 e. The van der Waals surface area contributed by atoms with Crippen LogP contribution in [0.4, 0.5) is 0 Å². The van der Waals surface area contributed by atoms with Crippen molar-refractivity contribution < 1.29 is 9.53 Å². The van der Waals surface area contributed by atoms with E-state index in [0.29, 0.717) is 6.54 Å². The van der Waals surface area contributed by atoms with Gasteiger partial charge in [-0.3, -0.25) is 4.79 Å². The fraction of sp³-hybridized carbons (Fsp3) is 0.588. The molecule has 21 heavy (non-hydrogen) atoms. The van der Waals surface area contributed by atoms with Gasteiger partial charge in [0.2, 0.25) is 5.91 Å². The third-order valence-corrected chi connectivity index (χ3v) is 4.09. The summed E-state index contributed by atoms with van der Waals surface area (Å²) in [4.78, 5) is 11.9. The molecule has 4 nitrogen and oxygen atoms in total. The monoisotopic (exact) mass is 290 g/mol. The highest BCUT2D eigenvalue weighted by Crippen LogP contribution is 2.16. The van der Waals surface area contributed by atoms with Crippen molar-refractivity contribution in [1.82, 2.24) is 10.6 Å². The molecule has 1 aromatic rings. The first-order valence-electron chi connectivity index (χ1n) is 7.75. The Morgan fingerprint density at radius 1 is 1.38 bits per heavy atom. The van der Waals surface area contributed by atoms with E-state index in [4.69, 9.17) is 4.74 Å². The van der Waals surface area contributed by atoms with Gasteiger partial charge in [-0.1, -0.05) is 18.2 Å². The van der Waals surface area contributed by atoms with Gasteiger partial charge in [-0.2, -0.15) is 0 Å². The van der Waals surface area contributed by atoms with Gasteiger partial charge >= 0.3 is 0 Å². The van der Waals surface area contributed by atoms with Gasteiger partial charge in [0.25, 0.3) is 0 Å². The summed E-state index contributed by atoms with van der Waals surface area (Å²) >= 11 is 0. The molecule has 2 atom stereocenters. The van der Waals surface area contributed by atoms with Crippen LogP contribution in [0.15, 0.2) is 18.2 Å². The fourth-order valence-corrected chi connectivity index (χ4v) is 2.56. The molecule has 4 heteroatoms. The maximum absolute atomic E-state index is 11.9. The second-order valence-electron chi connectivity index (χ2n) is 5.90. The second kappa shape index (κ2) is 7.57. The number of carbonyl (C=O) groups excluding carboxylic acids is 1. The number of ether oxygens (including phenoxy) is 1. The van der Waals surface area contributed by atoms with Gasteiger partial charge in [0.1, 0.15) is 0 Å². The first-order chi connectivity index (χ1) is 10.1. The van der Waals surface area contributed by atoms with Crippen molar-refractivity contribution >= 4 is 5.91 Å². The van der Waals surface area contributed by atoms with Crippen molar-refractivity contribution in [2.75, 3.05) is 19.7 Å². The van der Waals surface area contributed by atoms with Crippen molar-refractivity contribution in [3.05, 3.63) is 34.9 Å². The lowest BCUT2D eigenvalue weighted by Gasteiger charge is -2.16. The van der Waals surface area contributed by atoms with Crippen molar-refractivity contribution in [1.29, 1.82) is 0 Å². The van der Waals surface area contributed by atoms with Gasteiger partial charge in [-0.25, -0.2) is 0 Å². The highest BCUT2D eigenvalue weighted by Gasteiger charge is 2.15. The number of amides is 1. The zero-order valence-electron chi connectivity index (χ0n) is 13.2. The molecule has 1 aliphatic rings. The molecule has 2 rings (SSSR count). The van der Waals surface area contributed by atoms with Crippen molar-refractivity contribution in [3.8, 4) is 0 Å². The van der Waals surface area contributed by atoms with E-state index in [1.807, 2.05) is 6.92 Å². The first kappa shape index (κ1) is 16.0. The summed E-state index contributed by atoms with van der Waals surface area (Å²) < 4.78 is 5.52. The Bertz CT molecular complexity index is 482. The molecule has 0 spiro atoms. The van der Waals surface area contributed by atoms with Crippen LogP contribution < -0.4 is 10.6 Å². The van der Waals surface area contributed by atoms with E-state index in [2.05, 4.69) is 42.7 Å². The molecule has 1 aliphatic heterocycles. The maximum atomic E-state index is 11.9. The molecule has 1 aromatic carbocycles. The van der Waals surface area contributed by atoms with Crippen molar-refractivity contribution in [3.63, 3.8) is 0 Å². The summed E-state index contributed by atoms with van der Waals surface area (Å²) in [6, 6.07) is 6.34. The molecule has 1 heterocycles. The van der Waals surface area contributed by atoms with Crippen molar-refractivity contribution in [2.45, 2.75) is 45.8 Å². The Morgan fingerprint density at radius 3 is 2.86 bits per heavy atom. The smallest absolute Gasteiger partial charge is 0.234 e. The molecule has 1 saturated heterocycles. The van der Waals surface area contributed by atoms with Crippen LogP contribution in [0.5, 0.6) is 0 Å². The molecule has 1 fully saturated rings. The quantitative estimate of drug-likeness (QED) is 0.845. The Morgan fingerprint density at radius 2 is 2.19 bits per heavy atom.